The third kappa shape index (κ3) is 2.50. The van der Waals surface area contributed by atoms with Crippen LogP contribution in [0.5, 0.6) is 0 Å². The Morgan fingerprint density at radius 2 is 2.19 bits per heavy atom. The topological polar surface area (TPSA) is 85.1 Å². The Kier molecular flexibility index (Phi) is 3.07. The van der Waals surface area contributed by atoms with Gasteiger partial charge in [-0.1, -0.05) is 12.1 Å². The molecule has 0 aliphatic carbocycles. The Morgan fingerprint density at radius 3 is 2.81 bits per heavy atom. The van der Waals surface area contributed by atoms with E-state index in [1.54, 1.807) is 18.2 Å². The Bertz CT molecular complexity index is 570. The first-order valence-electron chi connectivity index (χ1n) is 4.37. The van der Waals surface area contributed by atoms with Gasteiger partial charge in [0.05, 0.1) is 5.69 Å². The molecule has 2 rings (SSSR count). The zero-order valence-electron chi connectivity index (χ0n) is 8.08. The lowest BCUT2D eigenvalue weighted by atomic mass is 10.1. The molecular weight excluding hydrogens is 246 g/mol. The van der Waals surface area contributed by atoms with Gasteiger partial charge in [-0.3, -0.25) is 4.72 Å². The van der Waals surface area contributed by atoms with Crippen LogP contribution in [-0.2, 0) is 10.9 Å². The summed E-state index contributed by atoms with van der Waals surface area (Å²) >= 11 is 1.35. The molecule has 3 N–H and O–H groups in total. The van der Waals surface area contributed by atoms with Crippen molar-refractivity contribution in [3.8, 4) is 11.3 Å². The fraction of sp³-hybridized carbons (Fsp3) is 0. The van der Waals surface area contributed by atoms with Crippen LogP contribution in [0.1, 0.15) is 0 Å². The van der Waals surface area contributed by atoms with E-state index in [9.17, 15) is 8.42 Å². The van der Waals surface area contributed by atoms with E-state index in [1.165, 1.54) is 11.3 Å². The fourth-order valence-electron chi connectivity index (χ4n) is 1.27. The highest BCUT2D eigenvalue weighted by atomic mass is 32.2. The van der Waals surface area contributed by atoms with Crippen LogP contribution in [0.4, 0.5) is 10.8 Å². The van der Waals surface area contributed by atoms with Gasteiger partial charge in [-0.25, -0.2) is 13.4 Å². The number of hydrogen-bond acceptors (Lipinski definition) is 5. The van der Waals surface area contributed by atoms with E-state index >= 15 is 0 Å². The highest BCUT2D eigenvalue weighted by Crippen LogP contribution is 2.25. The van der Waals surface area contributed by atoms with Gasteiger partial charge in [0.2, 0.25) is 10.9 Å². The quantitative estimate of drug-likeness (QED) is 0.722. The average Bonchev–Trinajstić information content (AvgIpc) is 2.64. The lowest BCUT2D eigenvalue weighted by molar-refractivity contribution is 0.619. The van der Waals surface area contributed by atoms with Crippen LogP contribution >= 0.6 is 11.3 Å². The molecule has 0 fully saturated rings. The van der Waals surface area contributed by atoms with E-state index in [0.29, 0.717) is 10.8 Å². The molecule has 0 saturated heterocycles. The van der Waals surface area contributed by atoms with Crippen molar-refractivity contribution in [2.24, 2.45) is 0 Å². The molecule has 1 heterocycles. The van der Waals surface area contributed by atoms with Crippen LogP contribution in [0.25, 0.3) is 11.3 Å². The van der Waals surface area contributed by atoms with Crippen molar-refractivity contribution in [1.29, 1.82) is 0 Å². The minimum atomic E-state index is -2.65. The number of anilines is 2. The Labute approximate surface area is 98.0 Å². The van der Waals surface area contributed by atoms with Gasteiger partial charge in [0.15, 0.2) is 5.13 Å². The van der Waals surface area contributed by atoms with E-state index in [1.807, 2.05) is 11.4 Å². The van der Waals surface area contributed by atoms with E-state index in [2.05, 4.69) is 9.71 Å². The van der Waals surface area contributed by atoms with Crippen molar-refractivity contribution in [3.63, 3.8) is 0 Å². The second-order valence-electron chi connectivity index (χ2n) is 3.02. The maximum absolute atomic E-state index is 10.5. The van der Waals surface area contributed by atoms with Crippen molar-refractivity contribution in [2.75, 3.05) is 10.5 Å². The lowest BCUT2D eigenvalue weighted by Crippen LogP contribution is -1.94. The number of thiazole rings is 1. The molecule has 84 valence electrons. The Hall–Kier alpha value is -1.60. The summed E-state index contributed by atoms with van der Waals surface area (Å²) in [6, 6.07) is 6.98. The van der Waals surface area contributed by atoms with Gasteiger partial charge in [-0.05, 0) is 12.1 Å². The van der Waals surface area contributed by atoms with Gasteiger partial charge >= 0.3 is 0 Å². The molecule has 2 aromatic rings. The normalized spacial score (nSPS) is 10.6. The number of aromatic nitrogens is 1. The third-order valence-electron chi connectivity index (χ3n) is 1.90. The summed E-state index contributed by atoms with van der Waals surface area (Å²) in [5.74, 6) is 0. The lowest BCUT2D eigenvalue weighted by Gasteiger charge is -2.01. The van der Waals surface area contributed by atoms with Crippen LogP contribution in [0.15, 0.2) is 29.6 Å². The smallest absolute Gasteiger partial charge is 0.222 e. The van der Waals surface area contributed by atoms with Crippen molar-refractivity contribution in [1.82, 2.24) is 4.98 Å². The van der Waals surface area contributed by atoms with E-state index in [-0.39, 0.29) is 0 Å². The molecule has 0 saturated carbocycles. The Balaban J connectivity index is 2.35. The first-order valence-corrected chi connectivity index (χ1v) is 6.43. The molecule has 0 atom stereocenters. The third-order valence-corrected chi connectivity index (χ3v) is 3.02. The highest BCUT2D eigenvalue weighted by molar-refractivity contribution is 7.73. The van der Waals surface area contributed by atoms with E-state index in [4.69, 9.17) is 5.73 Å². The van der Waals surface area contributed by atoms with Crippen molar-refractivity contribution >= 4 is 33.0 Å². The van der Waals surface area contributed by atoms with E-state index in [0.717, 1.165) is 11.3 Å². The molecule has 0 radical (unpaired) electrons. The first kappa shape index (κ1) is 10.9. The zero-order chi connectivity index (χ0) is 11.5. The Morgan fingerprint density at radius 1 is 1.38 bits per heavy atom. The van der Waals surface area contributed by atoms with E-state index < -0.39 is 10.9 Å². The molecule has 0 bridgehead atoms. The maximum atomic E-state index is 10.5. The summed E-state index contributed by atoms with van der Waals surface area (Å²) in [7, 11) is -2.65. The molecule has 0 unspecified atom stereocenters. The predicted octanol–water partition coefficient (Wildman–Crippen LogP) is 1.33. The van der Waals surface area contributed by atoms with Gasteiger partial charge in [0.25, 0.3) is 0 Å². The van der Waals surface area contributed by atoms with Crippen LogP contribution in [0.3, 0.4) is 0 Å². The number of nitrogens with two attached hydrogens (primary N) is 1. The van der Waals surface area contributed by atoms with Crippen molar-refractivity contribution in [2.45, 2.75) is 0 Å². The molecule has 0 spiro atoms. The van der Waals surface area contributed by atoms with Gasteiger partial charge in [0.1, 0.15) is 0 Å². The summed E-state index contributed by atoms with van der Waals surface area (Å²) in [4.78, 5) is 4.12. The molecule has 0 aliphatic heterocycles. The number of thiol groups is 1. The number of nitrogens with one attached hydrogen (secondary N) is 1. The predicted molar refractivity (Wildman–Crippen MR) is 65.9 cm³/mol. The van der Waals surface area contributed by atoms with Crippen LogP contribution in [-0.4, -0.2) is 13.4 Å². The second-order valence-corrected chi connectivity index (χ2v) is 4.65. The molecule has 0 aliphatic rings. The summed E-state index contributed by atoms with van der Waals surface area (Å²) in [6.07, 6.45) is 0. The zero-order valence-corrected chi connectivity index (χ0v) is 9.79. The van der Waals surface area contributed by atoms with Gasteiger partial charge in [-0.2, -0.15) is 0 Å². The standard InChI is InChI=1S/C9H9N3O2S2/c10-9-11-8(5-15-9)6-2-1-3-7(4-6)12-16(13)14/h1-5,16H,(H2,10,11)(H,12,13,14). The fourth-order valence-corrected chi connectivity index (χ4v) is 2.20. The monoisotopic (exact) mass is 255 g/mol. The van der Waals surface area contributed by atoms with Crippen molar-refractivity contribution in [3.05, 3.63) is 29.6 Å². The van der Waals surface area contributed by atoms with Gasteiger partial charge in [0, 0.05) is 16.6 Å². The number of nitrogens with zero attached hydrogens (tertiary/aromatic N) is 1. The molecule has 0 amide bonds. The summed E-state index contributed by atoms with van der Waals surface area (Å²) in [5, 5.41) is 2.31. The summed E-state index contributed by atoms with van der Waals surface area (Å²) in [6.45, 7) is 0. The highest BCUT2D eigenvalue weighted by Gasteiger charge is 2.03. The molecule has 1 aromatic heterocycles. The van der Waals surface area contributed by atoms with Crippen LogP contribution < -0.4 is 10.5 Å². The molecule has 7 heteroatoms. The summed E-state index contributed by atoms with van der Waals surface area (Å²) < 4.78 is 23.3. The second kappa shape index (κ2) is 4.50. The largest absolute Gasteiger partial charge is 0.375 e. The number of nitrogen functional groups attached to an aromatic ring is 1. The molecule has 16 heavy (non-hydrogen) atoms. The van der Waals surface area contributed by atoms with Crippen molar-refractivity contribution < 1.29 is 8.42 Å². The SMILES string of the molecule is Nc1nc(-c2cccc(N[SH](=O)=O)c2)cs1. The van der Waals surface area contributed by atoms with Crippen LogP contribution in [0.2, 0.25) is 0 Å². The molecule has 1 aromatic carbocycles. The molecular formula is C9H9N3O2S2. The maximum Gasteiger partial charge on any atom is 0.222 e. The van der Waals surface area contributed by atoms with Gasteiger partial charge in [-0.15, -0.1) is 11.3 Å². The van der Waals surface area contributed by atoms with Crippen LogP contribution in [0, 0.1) is 0 Å². The molecule has 5 nitrogen and oxygen atoms in total. The number of benzene rings is 1. The first-order chi connectivity index (χ1) is 7.65. The summed E-state index contributed by atoms with van der Waals surface area (Å²) in [5.41, 5.74) is 7.62. The number of hydrogen-bond donors (Lipinski definition) is 3. The van der Waals surface area contributed by atoms with Gasteiger partial charge < -0.3 is 5.73 Å². The minimum Gasteiger partial charge on any atom is -0.375 e. The number of rotatable bonds is 3. The minimum absolute atomic E-state index is 0.489. The average molecular weight is 255 g/mol.